The van der Waals surface area contributed by atoms with Crippen LogP contribution in [0.5, 0.6) is 0 Å². The van der Waals surface area contributed by atoms with E-state index in [1.54, 1.807) is 0 Å². The van der Waals surface area contributed by atoms with Gasteiger partial charge < -0.3 is 5.02 Å². The Balaban J connectivity index is 1.88. The van der Waals surface area contributed by atoms with Crippen LogP contribution in [0, 0.1) is 0 Å². The van der Waals surface area contributed by atoms with Crippen LogP contribution in [0.1, 0.15) is 22.3 Å². The fourth-order valence-corrected chi connectivity index (χ4v) is 4.55. The van der Waals surface area contributed by atoms with Gasteiger partial charge >= 0.3 is 6.92 Å². The molecule has 0 amide bonds. The Morgan fingerprint density at radius 2 is 0.889 bits per heavy atom. The molecule has 0 aliphatic carbocycles. The molecule has 1 N–H and O–H groups in total. The van der Waals surface area contributed by atoms with Gasteiger partial charge in [0.2, 0.25) is 0 Å². The largest absolute Gasteiger partial charge is 0.443 e. The highest BCUT2D eigenvalue weighted by Crippen LogP contribution is 2.39. The summed E-state index contributed by atoms with van der Waals surface area (Å²) in [7, 11) is 0. The second-order valence-electron chi connectivity index (χ2n) is 8.67. The normalized spacial score (nSPS) is 12.1. The first-order valence-corrected chi connectivity index (χ1v) is 12.2. The van der Waals surface area contributed by atoms with Crippen molar-refractivity contribution >= 4 is 35.1 Å². The van der Waals surface area contributed by atoms with Gasteiger partial charge in [-0.05, 0) is 50.4 Å². The molecule has 1 nitrogen and oxygen atoms in total. The molecule has 0 atom stereocenters. The maximum Gasteiger partial charge on any atom is 0.360 e. The minimum atomic E-state index is -0.813. The number of hydrogen-bond acceptors (Lipinski definition) is 1. The van der Waals surface area contributed by atoms with Crippen molar-refractivity contribution in [2.45, 2.75) is 0 Å². The lowest BCUT2D eigenvalue weighted by atomic mass is 9.51. The zero-order chi connectivity index (χ0) is 24.6. The van der Waals surface area contributed by atoms with Crippen LogP contribution in [-0.4, -0.2) is 11.9 Å². The number of rotatable bonds is 7. The van der Waals surface area contributed by atoms with Crippen molar-refractivity contribution in [3.63, 3.8) is 0 Å². The molecular formula is C34H27BO. The van der Waals surface area contributed by atoms with Gasteiger partial charge in [0.05, 0.1) is 0 Å². The lowest BCUT2D eigenvalue weighted by Gasteiger charge is -2.22. The third kappa shape index (κ3) is 5.30. The molecule has 0 aliphatic heterocycles. The van der Waals surface area contributed by atoms with Gasteiger partial charge in [0.1, 0.15) is 0 Å². The van der Waals surface area contributed by atoms with E-state index < -0.39 is 6.92 Å². The highest BCUT2D eigenvalue weighted by Gasteiger charge is 2.27. The van der Waals surface area contributed by atoms with Crippen LogP contribution in [0.2, 0.25) is 0 Å². The van der Waals surface area contributed by atoms with E-state index in [0.29, 0.717) is 0 Å². The first-order chi connectivity index (χ1) is 17.8. The highest BCUT2D eigenvalue weighted by molar-refractivity contribution is 6.86. The fourth-order valence-electron chi connectivity index (χ4n) is 4.55. The first-order valence-electron chi connectivity index (χ1n) is 12.2. The molecule has 0 bridgehead atoms. The molecule has 0 unspecified atom stereocenters. The Labute approximate surface area is 213 Å². The van der Waals surface area contributed by atoms with Gasteiger partial charge in [0.25, 0.3) is 0 Å². The van der Waals surface area contributed by atoms with Crippen LogP contribution >= 0.6 is 0 Å². The molecule has 0 aromatic heterocycles. The SMILES string of the molecule is OB(/C(=C(/C(=C/c1ccccc1)c1ccccc1)c1ccccc1)c1ccccc1)c1ccccc1. The molecular weight excluding hydrogens is 435 g/mol. The topological polar surface area (TPSA) is 20.2 Å². The van der Waals surface area contributed by atoms with E-state index in [4.69, 9.17) is 0 Å². The van der Waals surface area contributed by atoms with Crippen molar-refractivity contribution in [2.75, 3.05) is 0 Å². The lowest BCUT2D eigenvalue weighted by molar-refractivity contribution is 0.601. The second kappa shape index (κ2) is 11.4. The molecule has 5 rings (SSSR count). The summed E-state index contributed by atoms with van der Waals surface area (Å²) in [5.41, 5.74) is 8.03. The third-order valence-electron chi connectivity index (χ3n) is 6.27. The summed E-state index contributed by atoms with van der Waals surface area (Å²) in [5, 5.41) is 11.9. The summed E-state index contributed by atoms with van der Waals surface area (Å²) in [6.07, 6.45) is 2.22. The summed E-state index contributed by atoms with van der Waals surface area (Å²) in [5.74, 6) is 0. The zero-order valence-corrected chi connectivity index (χ0v) is 20.0. The molecule has 0 fully saturated rings. The molecule has 0 spiro atoms. The van der Waals surface area contributed by atoms with Gasteiger partial charge in [-0.3, -0.25) is 0 Å². The van der Waals surface area contributed by atoms with Crippen LogP contribution < -0.4 is 5.46 Å². The van der Waals surface area contributed by atoms with Gasteiger partial charge in [-0.1, -0.05) is 152 Å². The lowest BCUT2D eigenvalue weighted by Crippen LogP contribution is -2.32. The number of hydrogen-bond donors (Lipinski definition) is 1. The molecule has 5 aromatic carbocycles. The van der Waals surface area contributed by atoms with E-state index in [1.807, 2.05) is 66.7 Å². The van der Waals surface area contributed by atoms with Crippen LogP contribution in [0.25, 0.3) is 22.7 Å². The standard InChI is InChI=1S/C34H27BO/c36-35(31-24-14-5-15-25-31)34(30-22-12-4-13-23-30)33(29-20-10-3-11-21-29)32(28-18-8-2-9-19-28)26-27-16-6-1-7-17-27/h1-26,36H/b32-26+,34-33+. The van der Waals surface area contributed by atoms with Crippen LogP contribution in [-0.2, 0) is 0 Å². The van der Waals surface area contributed by atoms with Crippen molar-refractivity contribution in [1.82, 2.24) is 0 Å². The van der Waals surface area contributed by atoms with Gasteiger partial charge in [-0.2, -0.15) is 0 Å². The van der Waals surface area contributed by atoms with Gasteiger partial charge in [-0.25, -0.2) is 0 Å². The molecule has 0 heterocycles. The predicted octanol–water partition coefficient (Wildman–Crippen LogP) is 7.27. The van der Waals surface area contributed by atoms with Crippen molar-refractivity contribution in [1.29, 1.82) is 0 Å². The van der Waals surface area contributed by atoms with Crippen LogP contribution in [0.3, 0.4) is 0 Å². The summed E-state index contributed by atoms with van der Waals surface area (Å²) in [6.45, 7) is -0.813. The molecule has 5 aromatic rings. The van der Waals surface area contributed by atoms with Gasteiger partial charge in [0, 0.05) is 0 Å². The Morgan fingerprint density at radius 3 is 1.42 bits per heavy atom. The summed E-state index contributed by atoms with van der Waals surface area (Å²) < 4.78 is 0. The maximum atomic E-state index is 11.9. The van der Waals surface area contributed by atoms with E-state index in [-0.39, 0.29) is 0 Å². The summed E-state index contributed by atoms with van der Waals surface area (Å²) >= 11 is 0. The van der Waals surface area contributed by atoms with E-state index in [2.05, 4.69) is 91.0 Å². The molecule has 36 heavy (non-hydrogen) atoms. The first kappa shape index (κ1) is 23.4. The Hall–Kier alpha value is -4.40. The van der Waals surface area contributed by atoms with Crippen molar-refractivity contribution < 1.29 is 5.02 Å². The van der Waals surface area contributed by atoms with Crippen molar-refractivity contribution in [2.24, 2.45) is 0 Å². The van der Waals surface area contributed by atoms with Crippen molar-refractivity contribution in [3.05, 3.63) is 174 Å². The molecule has 2 heteroatoms. The molecule has 0 radical (unpaired) electrons. The Bertz CT molecular complexity index is 1440. The van der Waals surface area contributed by atoms with Gasteiger partial charge in [0.15, 0.2) is 0 Å². The quantitative estimate of drug-likeness (QED) is 0.153. The van der Waals surface area contributed by atoms with E-state index >= 15 is 0 Å². The molecule has 0 aliphatic rings. The van der Waals surface area contributed by atoms with E-state index in [9.17, 15) is 5.02 Å². The fraction of sp³-hybridized carbons (Fsp3) is 0. The summed E-state index contributed by atoms with van der Waals surface area (Å²) in [4.78, 5) is 0. The Kier molecular flexibility index (Phi) is 7.37. The van der Waals surface area contributed by atoms with E-state index in [1.165, 1.54) is 0 Å². The second-order valence-corrected chi connectivity index (χ2v) is 8.67. The zero-order valence-electron chi connectivity index (χ0n) is 20.0. The van der Waals surface area contributed by atoms with Crippen molar-refractivity contribution in [3.8, 4) is 0 Å². The average molecular weight is 462 g/mol. The minimum absolute atomic E-state index is 0.813. The third-order valence-corrected chi connectivity index (χ3v) is 6.27. The minimum Gasteiger partial charge on any atom is -0.443 e. The maximum absolute atomic E-state index is 11.9. The average Bonchev–Trinajstić information content (AvgIpc) is 2.97. The molecule has 0 saturated carbocycles. The summed E-state index contributed by atoms with van der Waals surface area (Å²) in [6, 6.07) is 51.3. The molecule has 172 valence electrons. The smallest absolute Gasteiger partial charge is 0.360 e. The van der Waals surface area contributed by atoms with Crippen LogP contribution in [0.15, 0.2) is 152 Å². The highest BCUT2D eigenvalue weighted by atomic mass is 16.2. The monoisotopic (exact) mass is 462 g/mol. The van der Waals surface area contributed by atoms with Gasteiger partial charge in [-0.15, -0.1) is 0 Å². The molecule has 0 saturated heterocycles. The number of benzene rings is 5. The Morgan fingerprint density at radius 1 is 0.472 bits per heavy atom. The van der Waals surface area contributed by atoms with E-state index in [0.717, 1.165) is 44.3 Å². The predicted molar refractivity (Wildman–Crippen MR) is 155 cm³/mol. The van der Waals surface area contributed by atoms with Crippen LogP contribution in [0.4, 0.5) is 0 Å². The number of allylic oxidation sites excluding steroid dienone is 2.